The second-order valence-corrected chi connectivity index (χ2v) is 5.01. The van der Waals surface area contributed by atoms with Crippen LogP contribution >= 0.6 is 11.6 Å². The number of ether oxygens (including phenoxy) is 1. The Kier molecular flexibility index (Phi) is 3.69. The minimum absolute atomic E-state index is 0.168. The van der Waals surface area contributed by atoms with Gasteiger partial charge in [-0.1, -0.05) is 18.2 Å². The molecule has 0 aliphatic rings. The highest BCUT2D eigenvalue weighted by Gasteiger charge is 2.14. The van der Waals surface area contributed by atoms with E-state index in [1.165, 1.54) is 12.1 Å². The number of hydrogen-bond acceptors (Lipinski definition) is 4. The van der Waals surface area contributed by atoms with E-state index in [1.54, 1.807) is 43.5 Å². The number of hydrogen-bond donors (Lipinski definition) is 0. The highest BCUT2D eigenvalue weighted by molar-refractivity contribution is 6.68. The third-order valence-electron chi connectivity index (χ3n) is 3.32. The topological polar surface area (TPSA) is 56.5 Å². The fraction of sp³-hybridized carbons (Fsp3) is 0.0588. The smallest absolute Gasteiger partial charge is 0.256 e. The Balaban J connectivity index is 2.30. The van der Waals surface area contributed by atoms with Gasteiger partial charge in [0.1, 0.15) is 11.5 Å². The van der Waals surface area contributed by atoms with Crippen molar-refractivity contribution in [3.05, 3.63) is 64.3 Å². The molecule has 0 saturated carbocycles. The van der Waals surface area contributed by atoms with Crippen LogP contribution < -0.4 is 10.2 Å². The summed E-state index contributed by atoms with van der Waals surface area (Å²) in [5, 5.41) is -0.352. The van der Waals surface area contributed by atoms with Gasteiger partial charge in [-0.3, -0.25) is 9.59 Å². The zero-order chi connectivity index (χ0) is 15.7. The molecule has 2 aromatic carbocycles. The fourth-order valence-corrected chi connectivity index (χ4v) is 2.40. The van der Waals surface area contributed by atoms with Crippen LogP contribution in [0.4, 0.5) is 0 Å². The SMILES string of the molecule is COc1cccc(-c2cc(=O)c3cccc(C(=O)Cl)c3o2)c1. The first-order chi connectivity index (χ1) is 10.6. The highest BCUT2D eigenvalue weighted by Crippen LogP contribution is 2.27. The molecule has 0 unspecified atom stereocenters. The van der Waals surface area contributed by atoms with E-state index in [2.05, 4.69) is 0 Å². The summed E-state index contributed by atoms with van der Waals surface area (Å²) in [6, 6.07) is 13.2. The Morgan fingerprint density at radius 3 is 2.64 bits per heavy atom. The van der Waals surface area contributed by atoms with Crippen molar-refractivity contribution in [1.82, 2.24) is 0 Å². The summed E-state index contributed by atoms with van der Waals surface area (Å²) >= 11 is 5.56. The lowest BCUT2D eigenvalue weighted by molar-refractivity contribution is 0.108. The van der Waals surface area contributed by atoms with Crippen LogP contribution in [0.3, 0.4) is 0 Å². The predicted octanol–water partition coefficient (Wildman–Crippen LogP) is 3.85. The number of methoxy groups -OCH3 is 1. The second-order valence-electron chi connectivity index (χ2n) is 4.66. The van der Waals surface area contributed by atoms with E-state index < -0.39 is 5.24 Å². The first-order valence-corrected chi connectivity index (χ1v) is 6.89. The van der Waals surface area contributed by atoms with Crippen molar-refractivity contribution in [1.29, 1.82) is 0 Å². The van der Waals surface area contributed by atoms with Crippen LogP contribution in [0.2, 0.25) is 0 Å². The van der Waals surface area contributed by atoms with Crippen LogP contribution in [-0.4, -0.2) is 12.4 Å². The summed E-state index contributed by atoms with van der Waals surface area (Å²) < 4.78 is 10.9. The van der Waals surface area contributed by atoms with Crippen molar-refractivity contribution in [2.75, 3.05) is 7.11 Å². The van der Waals surface area contributed by atoms with Crippen LogP contribution in [0.1, 0.15) is 10.4 Å². The van der Waals surface area contributed by atoms with Gasteiger partial charge < -0.3 is 9.15 Å². The molecule has 3 rings (SSSR count). The molecule has 3 aromatic rings. The quantitative estimate of drug-likeness (QED) is 0.689. The molecule has 0 atom stereocenters. The van der Waals surface area contributed by atoms with Crippen LogP contribution in [0.15, 0.2) is 57.7 Å². The number of para-hydroxylation sites is 1. The molecule has 0 amide bonds. The summed E-state index contributed by atoms with van der Waals surface area (Å²) in [4.78, 5) is 23.8. The monoisotopic (exact) mass is 314 g/mol. The molecule has 1 aromatic heterocycles. The largest absolute Gasteiger partial charge is 0.497 e. The summed E-state index contributed by atoms with van der Waals surface area (Å²) in [6.07, 6.45) is 0. The minimum Gasteiger partial charge on any atom is -0.497 e. The Morgan fingerprint density at radius 2 is 1.91 bits per heavy atom. The van der Waals surface area contributed by atoms with Crippen molar-refractivity contribution >= 4 is 27.8 Å². The first kappa shape index (κ1) is 14.4. The van der Waals surface area contributed by atoms with E-state index in [0.29, 0.717) is 22.5 Å². The predicted molar refractivity (Wildman–Crippen MR) is 84.7 cm³/mol. The van der Waals surface area contributed by atoms with Crippen LogP contribution in [-0.2, 0) is 0 Å². The average molecular weight is 315 g/mol. The number of fused-ring (bicyclic) bond motifs is 1. The molecule has 0 spiro atoms. The molecule has 0 saturated heterocycles. The molecule has 0 fully saturated rings. The van der Waals surface area contributed by atoms with E-state index in [4.69, 9.17) is 20.8 Å². The number of carbonyl (C=O) groups is 1. The van der Waals surface area contributed by atoms with E-state index in [-0.39, 0.29) is 16.6 Å². The van der Waals surface area contributed by atoms with Crippen LogP contribution in [0, 0.1) is 0 Å². The van der Waals surface area contributed by atoms with Crippen molar-refractivity contribution in [3.63, 3.8) is 0 Å². The number of rotatable bonds is 3. The second kappa shape index (κ2) is 5.66. The normalized spacial score (nSPS) is 10.6. The van der Waals surface area contributed by atoms with E-state index in [1.807, 2.05) is 0 Å². The Bertz CT molecular complexity index is 927. The van der Waals surface area contributed by atoms with Gasteiger partial charge in [-0.15, -0.1) is 0 Å². The van der Waals surface area contributed by atoms with E-state index >= 15 is 0 Å². The van der Waals surface area contributed by atoms with Gasteiger partial charge in [-0.05, 0) is 35.9 Å². The molecule has 0 aliphatic carbocycles. The maximum Gasteiger partial charge on any atom is 0.256 e. The van der Waals surface area contributed by atoms with Crippen molar-refractivity contribution in [2.45, 2.75) is 0 Å². The van der Waals surface area contributed by atoms with Crippen LogP contribution in [0.5, 0.6) is 5.75 Å². The van der Waals surface area contributed by atoms with Crippen molar-refractivity contribution in [2.24, 2.45) is 0 Å². The van der Waals surface area contributed by atoms with Crippen molar-refractivity contribution < 1.29 is 13.9 Å². The lowest BCUT2D eigenvalue weighted by atomic mass is 10.1. The Morgan fingerprint density at radius 1 is 1.14 bits per heavy atom. The molecule has 0 bridgehead atoms. The summed E-state index contributed by atoms with van der Waals surface area (Å²) in [5.74, 6) is 0.990. The van der Waals surface area contributed by atoms with Gasteiger partial charge in [0.2, 0.25) is 0 Å². The highest BCUT2D eigenvalue weighted by atomic mass is 35.5. The van der Waals surface area contributed by atoms with Gasteiger partial charge >= 0.3 is 0 Å². The molecular formula is C17H11ClO4. The number of benzene rings is 2. The number of carbonyl (C=O) groups excluding carboxylic acids is 1. The van der Waals surface area contributed by atoms with Gasteiger partial charge in [0.15, 0.2) is 11.0 Å². The van der Waals surface area contributed by atoms with E-state index in [9.17, 15) is 9.59 Å². The lowest BCUT2D eigenvalue weighted by Crippen LogP contribution is -2.03. The van der Waals surface area contributed by atoms with Gasteiger partial charge in [-0.2, -0.15) is 0 Å². The molecule has 22 heavy (non-hydrogen) atoms. The Hall–Kier alpha value is -2.59. The third-order valence-corrected chi connectivity index (χ3v) is 3.52. The van der Waals surface area contributed by atoms with Gasteiger partial charge in [0.05, 0.1) is 18.1 Å². The third kappa shape index (κ3) is 2.49. The maximum atomic E-state index is 12.3. The van der Waals surface area contributed by atoms with Gasteiger partial charge in [0.25, 0.3) is 5.24 Å². The minimum atomic E-state index is -0.670. The fourth-order valence-electron chi connectivity index (χ4n) is 2.25. The maximum absolute atomic E-state index is 12.3. The van der Waals surface area contributed by atoms with E-state index in [0.717, 1.165) is 0 Å². The molecule has 0 aliphatic heterocycles. The Labute approximate surface area is 130 Å². The standard InChI is InChI=1S/C17H11ClO4/c1-21-11-5-2-4-10(8-11)15-9-14(19)12-6-3-7-13(17(18)20)16(12)22-15/h2-9H,1H3. The van der Waals surface area contributed by atoms with Gasteiger partial charge in [-0.25, -0.2) is 0 Å². The zero-order valence-electron chi connectivity index (χ0n) is 11.6. The lowest BCUT2D eigenvalue weighted by Gasteiger charge is -2.06. The summed E-state index contributed by atoms with van der Waals surface area (Å²) in [5.41, 5.74) is 0.794. The zero-order valence-corrected chi connectivity index (χ0v) is 12.4. The average Bonchev–Trinajstić information content (AvgIpc) is 2.54. The van der Waals surface area contributed by atoms with Crippen LogP contribution in [0.25, 0.3) is 22.3 Å². The molecular weight excluding hydrogens is 304 g/mol. The molecule has 110 valence electrons. The molecule has 1 heterocycles. The summed E-state index contributed by atoms with van der Waals surface area (Å²) in [6.45, 7) is 0. The molecule has 0 radical (unpaired) electrons. The molecule has 0 N–H and O–H groups in total. The van der Waals surface area contributed by atoms with Gasteiger partial charge in [0, 0.05) is 11.6 Å². The molecule has 4 nitrogen and oxygen atoms in total. The molecule has 5 heteroatoms. The summed E-state index contributed by atoms with van der Waals surface area (Å²) in [7, 11) is 1.56. The number of halogens is 1. The van der Waals surface area contributed by atoms with Crippen molar-refractivity contribution in [3.8, 4) is 17.1 Å². The first-order valence-electron chi connectivity index (χ1n) is 6.51.